The van der Waals surface area contributed by atoms with Crippen molar-refractivity contribution in [2.24, 2.45) is 5.92 Å². The van der Waals surface area contributed by atoms with E-state index in [1.54, 1.807) is 10.7 Å². The monoisotopic (exact) mass is 494 g/mol. The lowest BCUT2D eigenvalue weighted by molar-refractivity contribution is -0.249. The zero-order chi connectivity index (χ0) is 25.5. The number of alkyl halides is 3. The summed E-state index contributed by atoms with van der Waals surface area (Å²) in [4.78, 5) is 19.0. The smallest absolute Gasteiger partial charge is 0.371 e. The highest BCUT2D eigenvalue weighted by atomic mass is 19.4. The molecule has 2 unspecified atom stereocenters. The number of aliphatic hydroxyl groups is 1. The molecule has 1 aliphatic carbocycles. The zero-order valence-corrected chi connectivity index (χ0v) is 18.8. The Labute approximate surface area is 203 Å². The van der Waals surface area contributed by atoms with Gasteiger partial charge in [-0.1, -0.05) is 18.2 Å². The maximum Gasteiger partial charge on any atom is 0.427 e. The first-order valence-electron chi connectivity index (χ1n) is 11.3. The van der Waals surface area contributed by atoms with Crippen molar-refractivity contribution in [3.8, 4) is 6.07 Å². The standard InChI is InChI=1S/C25H21F3N6O2/c26-25(27,28)24(36,20-3-1-2-13-30-20)16-6-8-17(9-7-16)32-22-21-19(11-14-31-23(21)35)34(33-22)18(10-12-29)15-4-5-15/h1-3,6-9,11,13-15,18,36H,4-5,10H2,(H,31,35)(H,32,33). The van der Waals surface area contributed by atoms with Crippen LogP contribution in [0.3, 0.4) is 0 Å². The van der Waals surface area contributed by atoms with E-state index in [0.717, 1.165) is 31.0 Å². The van der Waals surface area contributed by atoms with E-state index >= 15 is 0 Å². The number of anilines is 2. The van der Waals surface area contributed by atoms with Gasteiger partial charge >= 0.3 is 6.18 Å². The molecule has 11 heteroatoms. The second-order valence-corrected chi connectivity index (χ2v) is 8.75. The normalized spacial score (nSPS) is 16.3. The molecule has 5 rings (SSSR count). The average molecular weight is 494 g/mol. The van der Waals surface area contributed by atoms with Gasteiger partial charge in [-0.3, -0.25) is 14.5 Å². The summed E-state index contributed by atoms with van der Waals surface area (Å²) in [6, 6.07) is 12.7. The summed E-state index contributed by atoms with van der Waals surface area (Å²) < 4.78 is 43.6. The Morgan fingerprint density at radius 2 is 1.94 bits per heavy atom. The number of hydrogen-bond acceptors (Lipinski definition) is 6. The van der Waals surface area contributed by atoms with Crippen molar-refractivity contribution < 1.29 is 18.3 Å². The average Bonchev–Trinajstić information content (AvgIpc) is 3.64. The van der Waals surface area contributed by atoms with E-state index in [4.69, 9.17) is 0 Å². The van der Waals surface area contributed by atoms with E-state index in [-0.39, 0.29) is 29.2 Å². The van der Waals surface area contributed by atoms with Gasteiger partial charge in [0.15, 0.2) is 5.82 Å². The number of aromatic nitrogens is 4. The molecule has 3 N–H and O–H groups in total. The van der Waals surface area contributed by atoms with Crippen molar-refractivity contribution in [2.75, 3.05) is 5.32 Å². The number of benzene rings is 1. The highest BCUT2D eigenvalue weighted by Gasteiger charge is 2.57. The molecule has 0 bridgehead atoms. The van der Waals surface area contributed by atoms with Gasteiger partial charge in [-0.15, -0.1) is 0 Å². The van der Waals surface area contributed by atoms with Gasteiger partial charge in [-0.25, -0.2) is 0 Å². The van der Waals surface area contributed by atoms with Crippen LogP contribution >= 0.6 is 0 Å². The SMILES string of the molecule is N#CCC(C1CC1)n1nc(Nc2ccc(C(O)(c3ccccn3)C(F)(F)F)cc2)c2c(=O)[nH]ccc21. The second kappa shape index (κ2) is 8.80. The third-order valence-electron chi connectivity index (χ3n) is 6.42. The van der Waals surface area contributed by atoms with Gasteiger partial charge in [-0.2, -0.15) is 23.5 Å². The van der Waals surface area contributed by atoms with Gasteiger partial charge in [0.2, 0.25) is 5.60 Å². The first kappa shape index (κ1) is 23.6. The van der Waals surface area contributed by atoms with Crippen molar-refractivity contribution in [3.05, 3.63) is 82.5 Å². The van der Waals surface area contributed by atoms with E-state index in [9.17, 15) is 28.3 Å². The summed E-state index contributed by atoms with van der Waals surface area (Å²) in [5, 5.41) is 27.9. The van der Waals surface area contributed by atoms with Gasteiger partial charge < -0.3 is 15.4 Å². The summed E-state index contributed by atoms with van der Waals surface area (Å²) >= 11 is 0. The van der Waals surface area contributed by atoms with Gasteiger partial charge in [0.1, 0.15) is 5.39 Å². The molecule has 1 fully saturated rings. The van der Waals surface area contributed by atoms with E-state index in [0.29, 0.717) is 17.1 Å². The number of nitrogens with one attached hydrogen (secondary N) is 2. The Morgan fingerprint density at radius 1 is 1.19 bits per heavy atom. The Kier molecular flexibility index (Phi) is 5.76. The predicted molar refractivity (Wildman–Crippen MR) is 125 cm³/mol. The van der Waals surface area contributed by atoms with E-state index in [1.807, 2.05) is 0 Å². The van der Waals surface area contributed by atoms with Crippen LogP contribution in [-0.2, 0) is 5.60 Å². The van der Waals surface area contributed by atoms with Crippen LogP contribution in [0.1, 0.15) is 36.6 Å². The third kappa shape index (κ3) is 3.99. The predicted octanol–water partition coefficient (Wildman–Crippen LogP) is 4.53. The lowest BCUT2D eigenvalue weighted by Crippen LogP contribution is -2.44. The summed E-state index contributed by atoms with van der Waals surface area (Å²) in [5.41, 5.74) is -3.71. The molecule has 0 amide bonds. The second-order valence-electron chi connectivity index (χ2n) is 8.75. The molecule has 0 aliphatic heterocycles. The van der Waals surface area contributed by atoms with Crippen molar-refractivity contribution >= 4 is 22.4 Å². The highest BCUT2D eigenvalue weighted by molar-refractivity contribution is 5.91. The lowest BCUT2D eigenvalue weighted by Gasteiger charge is -2.30. The minimum Gasteiger partial charge on any atom is -0.371 e. The molecule has 8 nitrogen and oxygen atoms in total. The first-order chi connectivity index (χ1) is 17.2. The van der Waals surface area contributed by atoms with Crippen molar-refractivity contribution in [2.45, 2.75) is 37.1 Å². The number of fused-ring (bicyclic) bond motifs is 1. The van der Waals surface area contributed by atoms with E-state index in [1.165, 1.54) is 36.7 Å². The molecular weight excluding hydrogens is 473 g/mol. The summed E-state index contributed by atoms with van der Waals surface area (Å²) in [6.07, 6.45) is -0.141. The van der Waals surface area contributed by atoms with Crippen molar-refractivity contribution in [1.29, 1.82) is 5.26 Å². The molecule has 0 spiro atoms. The van der Waals surface area contributed by atoms with E-state index < -0.39 is 23.0 Å². The van der Waals surface area contributed by atoms with Crippen LogP contribution < -0.4 is 10.9 Å². The number of nitriles is 1. The number of H-pyrrole nitrogens is 1. The maximum absolute atomic E-state index is 14.0. The van der Waals surface area contributed by atoms with Crippen LogP contribution in [0.2, 0.25) is 0 Å². The number of nitrogens with zero attached hydrogens (tertiary/aromatic N) is 4. The Bertz CT molecular complexity index is 1490. The fourth-order valence-corrected chi connectivity index (χ4v) is 4.43. The van der Waals surface area contributed by atoms with Crippen LogP contribution in [0.5, 0.6) is 0 Å². The fraction of sp³-hybridized carbons (Fsp3) is 0.280. The number of rotatable bonds is 7. The van der Waals surface area contributed by atoms with Crippen molar-refractivity contribution in [1.82, 2.24) is 19.7 Å². The Balaban J connectivity index is 1.52. The number of hydrogen-bond donors (Lipinski definition) is 3. The number of pyridine rings is 2. The molecule has 1 aliphatic rings. The molecule has 1 saturated carbocycles. The number of halogens is 3. The highest BCUT2D eigenvalue weighted by Crippen LogP contribution is 2.44. The molecule has 0 saturated heterocycles. The van der Waals surface area contributed by atoms with Gasteiger partial charge in [0, 0.05) is 18.1 Å². The summed E-state index contributed by atoms with van der Waals surface area (Å²) in [6.45, 7) is 0. The summed E-state index contributed by atoms with van der Waals surface area (Å²) in [5.74, 6) is 0.518. The molecule has 0 radical (unpaired) electrons. The minimum atomic E-state index is -5.02. The van der Waals surface area contributed by atoms with Gasteiger partial charge in [0.05, 0.1) is 29.7 Å². The molecular formula is C25H21F3N6O2. The quantitative estimate of drug-likeness (QED) is 0.347. The van der Waals surface area contributed by atoms with Crippen LogP contribution in [-0.4, -0.2) is 31.0 Å². The molecule has 1 aromatic carbocycles. The minimum absolute atomic E-state index is 0.183. The third-order valence-corrected chi connectivity index (χ3v) is 6.42. The fourth-order valence-electron chi connectivity index (χ4n) is 4.43. The molecule has 184 valence electrons. The van der Waals surface area contributed by atoms with Crippen LogP contribution in [0.4, 0.5) is 24.7 Å². The number of aromatic amines is 1. The lowest BCUT2D eigenvalue weighted by atomic mass is 9.89. The largest absolute Gasteiger partial charge is 0.427 e. The van der Waals surface area contributed by atoms with E-state index in [2.05, 4.69) is 26.5 Å². The van der Waals surface area contributed by atoms with Crippen molar-refractivity contribution in [3.63, 3.8) is 0 Å². The van der Waals surface area contributed by atoms with Crippen LogP contribution in [0.25, 0.3) is 10.9 Å². The zero-order valence-electron chi connectivity index (χ0n) is 18.8. The topological polar surface area (TPSA) is 120 Å². The van der Waals surface area contributed by atoms with Gasteiger partial charge in [-0.05, 0) is 54.7 Å². The molecule has 3 heterocycles. The maximum atomic E-state index is 14.0. The molecule has 36 heavy (non-hydrogen) atoms. The molecule has 3 aromatic heterocycles. The van der Waals surface area contributed by atoms with Crippen LogP contribution in [0.15, 0.2) is 65.7 Å². The Hall–Kier alpha value is -4.17. The first-order valence-corrected chi connectivity index (χ1v) is 11.3. The Morgan fingerprint density at radius 3 is 2.56 bits per heavy atom. The van der Waals surface area contributed by atoms with Gasteiger partial charge in [0.25, 0.3) is 5.56 Å². The summed E-state index contributed by atoms with van der Waals surface area (Å²) in [7, 11) is 0. The molecule has 2 atom stereocenters. The van der Waals surface area contributed by atoms with Crippen LogP contribution in [0, 0.1) is 17.2 Å². The molecule has 4 aromatic rings.